The molecule has 0 amide bonds. The first-order chi connectivity index (χ1) is 16.3. The zero-order chi connectivity index (χ0) is 24.8. The fourth-order valence-electron chi connectivity index (χ4n) is 4.16. The largest absolute Gasteiger partial charge is 0.367 e. The molecular weight excluding hydrogens is 440 g/mol. The summed E-state index contributed by atoms with van der Waals surface area (Å²) in [7, 11) is 3.46. The van der Waals surface area contributed by atoms with Crippen molar-refractivity contribution in [1.82, 2.24) is 10.6 Å². The van der Waals surface area contributed by atoms with Crippen molar-refractivity contribution in [2.24, 2.45) is 10.4 Å². The third kappa shape index (κ3) is 4.97. The van der Waals surface area contributed by atoms with Crippen molar-refractivity contribution < 1.29 is 4.79 Å². The summed E-state index contributed by atoms with van der Waals surface area (Å²) in [5.74, 6) is 3.65. The quantitative estimate of drug-likeness (QED) is 0.417. The summed E-state index contributed by atoms with van der Waals surface area (Å²) in [6, 6.07) is 21.9. The highest BCUT2D eigenvalue weighted by Gasteiger charge is 2.50. The average molecular weight is 471 g/mol. The molecule has 1 heterocycles. The van der Waals surface area contributed by atoms with Crippen LogP contribution in [0, 0.1) is 16.7 Å². The molecule has 0 aliphatic heterocycles. The highest BCUT2D eigenvalue weighted by atomic mass is 32.1. The van der Waals surface area contributed by atoms with Gasteiger partial charge < -0.3 is 10.6 Å². The molecule has 0 saturated heterocycles. The number of nitrogens with zero attached hydrogens (tertiary/aromatic N) is 2. The molecule has 0 bridgehead atoms. The fraction of sp³-hybridized carbons (Fsp3) is 0.286. The van der Waals surface area contributed by atoms with Crippen molar-refractivity contribution in [3.63, 3.8) is 0 Å². The number of nitrogens with one attached hydrogen (secondary N) is 2. The van der Waals surface area contributed by atoms with Crippen LogP contribution in [0.15, 0.2) is 76.9 Å². The highest BCUT2D eigenvalue weighted by Crippen LogP contribution is 2.46. The molecule has 0 aliphatic carbocycles. The number of carbonyl (C=O) groups is 1. The first-order valence-corrected chi connectivity index (χ1v) is 12.0. The Labute approximate surface area is 205 Å². The van der Waals surface area contributed by atoms with Gasteiger partial charge in [0.05, 0.1) is 22.6 Å². The lowest BCUT2D eigenvalue weighted by Gasteiger charge is -2.46. The molecule has 3 aromatic rings. The maximum Gasteiger partial charge on any atom is 0.163 e. The lowest BCUT2D eigenvalue weighted by molar-refractivity contribution is -0.130. The van der Waals surface area contributed by atoms with Gasteiger partial charge in [0.1, 0.15) is 5.78 Å². The maximum atomic E-state index is 13.3. The van der Waals surface area contributed by atoms with Crippen molar-refractivity contribution in [3.8, 4) is 17.2 Å². The number of aliphatic imine (C=N–C) groups is 1. The minimum atomic E-state index is -0.789. The van der Waals surface area contributed by atoms with E-state index in [1.165, 1.54) is 0 Å². The Hall–Kier alpha value is -3.65. The van der Waals surface area contributed by atoms with Gasteiger partial charge in [0.15, 0.2) is 5.82 Å². The molecule has 0 fully saturated rings. The van der Waals surface area contributed by atoms with Gasteiger partial charge in [-0.25, -0.2) is 4.99 Å². The van der Waals surface area contributed by atoms with Crippen LogP contribution in [-0.4, -0.2) is 25.7 Å². The molecule has 6 heteroatoms. The van der Waals surface area contributed by atoms with Crippen LogP contribution < -0.4 is 10.6 Å². The van der Waals surface area contributed by atoms with Gasteiger partial charge in [-0.05, 0) is 67.5 Å². The molecule has 2 N–H and O–H groups in total. The maximum absolute atomic E-state index is 13.3. The number of nitriles is 1. The number of benzene rings is 2. The van der Waals surface area contributed by atoms with Crippen molar-refractivity contribution >= 4 is 23.0 Å². The van der Waals surface area contributed by atoms with Crippen LogP contribution in [0.4, 0.5) is 0 Å². The summed E-state index contributed by atoms with van der Waals surface area (Å²) < 4.78 is 0. The lowest BCUT2D eigenvalue weighted by atomic mass is 9.65. The van der Waals surface area contributed by atoms with Gasteiger partial charge in [0, 0.05) is 24.8 Å². The number of hydrogen-bond acceptors (Lipinski definition) is 6. The van der Waals surface area contributed by atoms with Crippen molar-refractivity contribution in [2.45, 2.75) is 32.7 Å². The average Bonchev–Trinajstić information content (AvgIpc) is 3.35. The minimum Gasteiger partial charge on any atom is -0.367 e. The molecule has 2 aromatic carbocycles. The predicted octanol–water partition coefficient (Wildman–Crippen LogP) is 5.29. The standard InChI is InChI=1S/C28H30N4OS/c1-20(33)27(2,16-21-10-7-6-8-11-21)28(3,32-26(31-5)18-30-4)25-15-24(19-34-25)23-13-9-12-22(14-23)17-29/h6-15,19,31-32H,16H2,1-5H3/t27-,28+/m0/s1. The molecule has 0 spiro atoms. The van der Waals surface area contributed by atoms with E-state index in [-0.39, 0.29) is 5.78 Å². The first kappa shape index (κ1) is 25.0. The van der Waals surface area contributed by atoms with Gasteiger partial charge in [-0.3, -0.25) is 4.79 Å². The van der Waals surface area contributed by atoms with E-state index in [1.54, 1.807) is 38.4 Å². The summed E-state index contributed by atoms with van der Waals surface area (Å²) in [5.41, 5.74) is 2.11. The molecule has 0 unspecified atom stereocenters. The number of ketones is 1. The van der Waals surface area contributed by atoms with E-state index in [0.717, 1.165) is 21.6 Å². The highest BCUT2D eigenvalue weighted by molar-refractivity contribution is 7.10. The van der Waals surface area contributed by atoms with Gasteiger partial charge in [0.25, 0.3) is 0 Å². The topological polar surface area (TPSA) is 77.3 Å². The van der Waals surface area contributed by atoms with Crippen LogP contribution in [0.1, 0.15) is 36.8 Å². The molecule has 0 aliphatic rings. The van der Waals surface area contributed by atoms with Gasteiger partial charge >= 0.3 is 0 Å². The molecule has 1 aromatic heterocycles. The first-order valence-electron chi connectivity index (χ1n) is 11.1. The van der Waals surface area contributed by atoms with Crippen LogP contribution in [0.3, 0.4) is 0 Å². The zero-order valence-electron chi connectivity index (χ0n) is 20.3. The molecule has 0 radical (unpaired) electrons. The van der Waals surface area contributed by atoms with Crippen LogP contribution in [0.25, 0.3) is 11.1 Å². The van der Waals surface area contributed by atoms with E-state index in [1.807, 2.05) is 43.3 Å². The van der Waals surface area contributed by atoms with Crippen molar-refractivity contribution in [1.29, 1.82) is 5.26 Å². The van der Waals surface area contributed by atoms with Crippen molar-refractivity contribution in [2.75, 3.05) is 14.1 Å². The van der Waals surface area contributed by atoms with Crippen LogP contribution in [0.2, 0.25) is 0 Å². The lowest BCUT2D eigenvalue weighted by Crippen LogP contribution is -2.57. The Kier molecular flexibility index (Phi) is 7.73. The molecule has 34 heavy (non-hydrogen) atoms. The van der Waals surface area contributed by atoms with E-state index in [9.17, 15) is 10.1 Å². The molecule has 3 rings (SSSR count). The summed E-state index contributed by atoms with van der Waals surface area (Å²) >= 11 is 1.59. The van der Waals surface area contributed by atoms with Gasteiger partial charge in [-0.2, -0.15) is 5.26 Å². The summed E-state index contributed by atoms with van der Waals surface area (Å²) in [6.07, 6.45) is 0.560. The summed E-state index contributed by atoms with van der Waals surface area (Å²) in [5, 5.41) is 18.1. The third-order valence-electron chi connectivity index (χ3n) is 6.55. The van der Waals surface area contributed by atoms with E-state index in [2.05, 4.69) is 58.1 Å². The summed E-state index contributed by atoms with van der Waals surface area (Å²) in [6.45, 7) is 5.74. The molecule has 0 saturated carbocycles. The Bertz CT molecular complexity index is 1270. The Morgan fingerprint density at radius 1 is 1.09 bits per heavy atom. The molecule has 174 valence electrons. The molecule has 2 atom stereocenters. The van der Waals surface area contributed by atoms with E-state index in [4.69, 9.17) is 0 Å². The van der Waals surface area contributed by atoms with Crippen LogP contribution in [-0.2, 0) is 16.8 Å². The number of thiophene rings is 1. The monoisotopic (exact) mass is 470 g/mol. The smallest absolute Gasteiger partial charge is 0.163 e. The Morgan fingerprint density at radius 2 is 1.82 bits per heavy atom. The van der Waals surface area contributed by atoms with E-state index < -0.39 is 11.0 Å². The second-order valence-corrected chi connectivity index (χ2v) is 9.56. The number of Topliss-reactive ketones (excluding diaryl/α,β-unsaturated/α-hetero) is 1. The zero-order valence-corrected chi connectivity index (χ0v) is 21.1. The Morgan fingerprint density at radius 3 is 2.44 bits per heavy atom. The predicted molar refractivity (Wildman–Crippen MR) is 140 cm³/mol. The number of carbonyl (C=O) groups excluding carboxylic acids is 1. The van der Waals surface area contributed by atoms with Gasteiger partial charge in [-0.15, -0.1) is 11.3 Å². The third-order valence-corrected chi connectivity index (χ3v) is 7.70. The molecular formula is C28H30N4OS. The van der Waals surface area contributed by atoms with Gasteiger partial charge in [-0.1, -0.05) is 42.5 Å². The van der Waals surface area contributed by atoms with Gasteiger partial charge in [0.2, 0.25) is 0 Å². The second-order valence-electron chi connectivity index (χ2n) is 8.65. The second kappa shape index (κ2) is 10.5. The normalized spacial score (nSPS) is 14.0. The molecule has 5 nitrogen and oxygen atoms in total. The number of hydrogen-bond donors (Lipinski definition) is 2. The SMILES string of the molecule is CN=C=C(NC)N[C@](C)(c1cc(-c2cccc(C#N)c2)cs1)[C@@](C)(Cc1ccccc1)C(C)=O. The summed E-state index contributed by atoms with van der Waals surface area (Å²) in [4.78, 5) is 18.4. The van der Waals surface area contributed by atoms with E-state index in [0.29, 0.717) is 17.8 Å². The van der Waals surface area contributed by atoms with E-state index >= 15 is 0 Å². The minimum absolute atomic E-state index is 0.0803. The van der Waals surface area contributed by atoms with Crippen LogP contribution in [0.5, 0.6) is 0 Å². The van der Waals surface area contributed by atoms with Crippen molar-refractivity contribution in [3.05, 3.63) is 87.9 Å². The number of rotatable bonds is 9. The Balaban J connectivity index is 2.18. The fourth-order valence-corrected chi connectivity index (χ4v) is 5.32. The van der Waals surface area contributed by atoms with Crippen LogP contribution >= 0.6 is 11.3 Å².